The highest BCUT2D eigenvalue weighted by Gasteiger charge is 2.19. The number of rotatable bonds is 5. The van der Waals surface area contributed by atoms with Crippen molar-refractivity contribution in [2.75, 3.05) is 43.6 Å². The summed E-state index contributed by atoms with van der Waals surface area (Å²) in [6.07, 6.45) is 1.78. The fourth-order valence-corrected chi connectivity index (χ4v) is 3.44. The van der Waals surface area contributed by atoms with Gasteiger partial charge < -0.3 is 20.3 Å². The van der Waals surface area contributed by atoms with E-state index in [-0.39, 0.29) is 5.91 Å². The number of pyridine rings is 1. The number of morpholine rings is 1. The summed E-state index contributed by atoms with van der Waals surface area (Å²) in [4.78, 5) is 19.2. The molecule has 3 rings (SSSR count). The zero-order valence-electron chi connectivity index (χ0n) is 13.8. The first kappa shape index (κ1) is 16.7. The van der Waals surface area contributed by atoms with Gasteiger partial charge in [-0.1, -0.05) is 6.07 Å². The van der Waals surface area contributed by atoms with Crippen LogP contribution in [-0.4, -0.2) is 48.6 Å². The van der Waals surface area contributed by atoms with Crippen LogP contribution in [0.3, 0.4) is 0 Å². The second kappa shape index (κ2) is 7.59. The van der Waals surface area contributed by atoms with Gasteiger partial charge in [0.05, 0.1) is 24.5 Å². The van der Waals surface area contributed by atoms with Crippen LogP contribution in [0.1, 0.15) is 21.6 Å². The van der Waals surface area contributed by atoms with Crippen molar-refractivity contribution in [1.29, 1.82) is 0 Å². The second-order valence-electron chi connectivity index (χ2n) is 5.49. The van der Waals surface area contributed by atoms with Gasteiger partial charge in [0.25, 0.3) is 5.91 Å². The van der Waals surface area contributed by atoms with E-state index in [0.717, 1.165) is 35.2 Å². The summed E-state index contributed by atoms with van der Waals surface area (Å²) in [5.41, 5.74) is 2.35. The number of nitrogens with zero attached hydrogens (tertiary/aromatic N) is 3. The van der Waals surface area contributed by atoms with Gasteiger partial charge in [-0.15, -0.1) is 0 Å². The number of ether oxygens (including phenoxy) is 1. The molecule has 2 aromatic heterocycles. The maximum absolute atomic E-state index is 12.5. The lowest BCUT2D eigenvalue weighted by atomic mass is 10.2. The molecule has 1 amide bonds. The average molecular weight is 347 g/mol. The Morgan fingerprint density at radius 3 is 2.96 bits per heavy atom. The first-order valence-electron chi connectivity index (χ1n) is 7.89. The van der Waals surface area contributed by atoms with Crippen molar-refractivity contribution >= 4 is 28.3 Å². The Hall–Kier alpha value is -2.19. The summed E-state index contributed by atoms with van der Waals surface area (Å²) in [6, 6.07) is 3.89. The third-order valence-corrected chi connectivity index (χ3v) is 4.89. The average Bonchev–Trinajstić information content (AvgIpc) is 3.01. The minimum absolute atomic E-state index is 0.123. The number of aryl methyl sites for hydroxylation is 1. The summed E-state index contributed by atoms with van der Waals surface area (Å²) >= 11 is 1.30. The van der Waals surface area contributed by atoms with Gasteiger partial charge in [-0.2, -0.15) is 4.37 Å². The summed E-state index contributed by atoms with van der Waals surface area (Å²) in [5, 5.41) is 6.79. The highest BCUT2D eigenvalue weighted by atomic mass is 32.1. The molecule has 0 bridgehead atoms. The highest BCUT2D eigenvalue weighted by molar-refractivity contribution is 7.10. The lowest BCUT2D eigenvalue weighted by molar-refractivity contribution is 0.0951. The van der Waals surface area contributed by atoms with Gasteiger partial charge in [0.15, 0.2) is 0 Å². The number of hydrogen-bond donors (Lipinski definition) is 2. The molecule has 7 nitrogen and oxygen atoms in total. The Bertz CT molecular complexity index is 712. The molecule has 0 unspecified atom stereocenters. The van der Waals surface area contributed by atoms with Gasteiger partial charge in [0.1, 0.15) is 10.8 Å². The Labute approximate surface area is 145 Å². The molecule has 0 aliphatic carbocycles. The Kier molecular flexibility index (Phi) is 5.27. The van der Waals surface area contributed by atoms with Crippen LogP contribution in [0.15, 0.2) is 18.3 Å². The van der Waals surface area contributed by atoms with Gasteiger partial charge >= 0.3 is 0 Å². The van der Waals surface area contributed by atoms with Crippen LogP contribution in [0.4, 0.5) is 10.8 Å². The second-order valence-corrected chi connectivity index (χ2v) is 6.26. The van der Waals surface area contributed by atoms with Crippen molar-refractivity contribution in [2.45, 2.75) is 13.5 Å². The zero-order chi connectivity index (χ0) is 16.9. The van der Waals surface area contributed by atoms with E-state index in [1.54, 1.807) is 13.2 Å². The lowest BCUT2D eigenvalue weighted by Gasteiger charge is -2.29. The lowest BCUT2D eigenvalue weighted by Crippen LogP contribution is -2.37. The van der Waals surface area contributed by atoms with Crippen molar-refractivity contribution < 1.29 is 9.53 Å². The number of carbonyl (C=O) groups is 1. The molecule has 0 radical (unpaired) electrons. The number of amides is 1. The molecule has 128 valence electrons. The van der Waals surface area contributed by atoms with Crippen molar-refractivity contribution in [3.8, 4) is 0 Å². The van der Waals surface area contributed by atoms with Crippen LogP contribution in [-0.2, 0) is 11.3 Å². The fraction of sp³-hybridized carbons (Fsp3) is 0.438. The molecule has 1 saturated heterocycles. The van der Waals surface area contributed by atoms with Crippen molar-refractivity contribution in [3.63, 3.8) is 0 Å². The standard InChI is InChI=1S/C16H21N5O2S/c1-11-13(16(17-2)24-20-11)15(22)19-10-12-4-3-5-18-14(12)21-6-8-23-9-7-21/h3-5,17H,6-10H2,1-2H3,(H,19,22). The minimum atomic E-state index is -0.123. The highest BCUT2D eigenvalue weighted by Crippen LogP contribution is 2.24. The predicted octanol–water partition coefficient (Wildman–Crippen LogP) is 1.65. The van der Waals surface area contributed by atoms with Crippen LogP contribution in [0.2, 0.25) is 0 Å². The normalized spacial score (nSPS) is 14.5. The molecule has 0 aromatic carbocycles. The molecule has 1 fully saturated rings. The largest absolute Gasteiger partial charge is 0.378 e. The van der Waals surface area contributed by atoms with E-state index < -0.39 is 0 Å². The molecule has 24 heavy (non-hydrogen) atoms. The molecule has 2 aromatic rings. The molecule has 1 aliphatic heterocycles. The molecule has 3 heterocycles. The topological polar surface area (TPSA) is 79.4 Å². The molecule has 8 heteroatoms. The van der Waals surface area contributed by atoms with Crippen molar-refractivity contribution in [3.05, 3.63) is 35.2 Å². The van der Waals surface area contributed by atoms with Crippen LogP contribution < -0.4 is 15.5 Å². The molecule has 2 N–H and O–H groups in total. The Morgan fingerprint density at radius 2 is 2.21 bits per heavy atom. The van der Waals surface area contributed by atoms with Crippen LogP contribution in [0, 0.1) is 6.92 Å². The molecular weight excluding hydrogens is 326 g/mol. The van der Waals surface area contributed by atoms with E-state index >= 15 is 0 Å². The SMILES string of the molecule is CNc1snc(C)c1C(=O)NCc1cccnc1N1CCOCC1. The molecule has 0 spiro atoms. The van der Waals surface area contributed by atoms with Gasteiger partial charge in [-0.25, -0.2) is 4.98 Å². The first-order valence-corrected chi connectivity index (χ1v) is 8.67. The molecule has 0 saturated carbocycles. The van der Waals surface area contributed by atoms with E-state index in [1.165, 1.54) is 11.5 Å². The number of aromatic nitrogens is 2. The third-order valence-electron chi connectivity index (χ3n) is 3.93. The van der Waals surface area contributed by atoms with Gasteiger partial charge in [-0.3, -0.25) is 4.79 Å². The van der Waals surface area contributed by atoms with E-state index in [4.69, 9.17) is 4.74 Å². The molecule has 1 aliphatic rings. The van der Waals surface area contributed by atoms with E-state index in [2.05, 4.69) is 24.9 Å². The van der Waals surface area contributed by atoms with Crippen LogP contribution in [0.25, 0.3) is 0 Å². The smallest absolute Gasteiger partial charge is 0.256 e. The fourth-order valence-electron chi connectivity index (χ4n) is 2.70. The molecular formula is C16H21N5O2S. The monoisotopic (exact) mass is 347 g/mol. The number of carbonyl (C=O) groups excluding carboxylic acids is 1. The third kappa shape index (κ3) is 3.49. The van der Waals surface area contributed by atoms with Crippen molar-refractivity contribution in [1.82, 2.24) is 14.7 Å². The summed E-state index contributed by atoms with van der Waals surface area (Å²) in [5.74, 6) is 0.789. The minimum Gasteiger partial charge on any atom is -0.378 e. The van der Waals surface area contributed by atoms with Gasteiger partial charge in [-0.05, 0) is 24.5 Å². The van der Waals surface area contributed by atoms with Gasteiger partial charge in [0.2, 0.25) is 0 Å². The summed E-state index contributed by atoms with van der Waals surface area (Å²) in [7, 11) is 1.79. The quantitative estimate of drug-likeness (QED) is 0.856. The Balaban J connectivity index is 1.72. The molecule has 0 atom stereocenters. The predicted molar refractivity (Wildman–Crippen MR) is 94.8 cm³/mol. The van der Waals surface area contributed by atoms with E-state index in [0.29, 0.717) is 25.3 Å². The van der Waals surface area contributed by atoms with E-state index in [1.807, 2.05) is 19.1 Å². The number of nitrogens with one attached hydrogen (secondary N) is 2. The van der Waals surface area contributed by atoms with Crippen LogP contribution >= 0.6 is 11.5 Å². The first-order chi connectivity index (χ1) is 11.7. The van der Waals surface area contributed by atoms with Crippen molar-refractivity contribution in [2.24, 2.45) is 0 Å². The van der Waals surface area contributed by atoms with E-state index in [9.17, 15) is 4.79 Å². The maximum Gasteiger partial charge on any atom is 0.256 e. The number of hydrogen-bond acceptors (Lipinski definition) is 7. The maximum atomic E-state index is 12.5. The van der Waals surface area contributed by atoms with Crippen LogP contribution in [0.5, 0.6) is 0 Å². The summed E-state index contributed by atoms with van der Waals surface area (Å²) in [6.45, 7) is 5.31. The van der Waals surface area contributed by atoms with Gasteiger partial charge in [0, 0.05) is 38.4 Å². The zero-order valence-corrected chi connectivity index (χ0v) is 14.7. The number of anilines is 2. The summed E-state index contributed by atoms with van der Waals surface area (Å²) < 4.78 is 9.63. The Morgan fingerprint density at radius 1 is 1.42 bits per heavy atom.